The molecule has 1 aliphatic rings. The quantitative estimate of drug-likeness (QED) is 0.764. The maximum absolute atomic E-state index is 12.7. The highest BCUT2D eigenvalue weighted by molar-refractivity contribution is 7.89. The molecule has 0 radical (unpaired) electrons. The molecule has 3 rings (SSSR count). The van der Waals surface area contributed by atoms with Crippen LogP contribution in [0.5, 0.6) is 5.75 Å². The van der Waals surface area contributed by atoms with Gasteiger partial charge in [-0.3, -0.25) is 4.79 Å². The molecule has 6 nitrogen and oxygen atoms in total. The first-order valence-electron chi connectivity index (χ1n) is 8.58. The molecule has 144 valence electrons. The lowest BCUT2D eigenvalue weighted by Gasteiger charge is -2.18. The molecule has 1 saturated heterocycles. The highest BCUT2D eigenvalue weighted by Crippen LogP contribution is 2.27. The van der Waals surface area contributed by atoms with E-state index < -0.39 is 10.0 Å². The van der Waals surface area contributed by atoms with Crippen LogP contribution in [0.25, 0.3) is 0 Å². The van der Waals surface area contributed by atoms with Crippen LogP contribution in [-0.2, 0) is 27.9 Å². The highest BCUT2D eigenvalue weighted by atomic mass is 35.5. The Kier molecular flexibility index (Phi) is 6.04. The topological polar surface area (TPSA) is 75.7 Å². The first-order valence-corrected chi connectivity index (χ1v) is 10.4. The zero-order valence-electron chi connectivity index (χ0n) is 14.9. The zero-order valence-corrected chi connectivity index (χ0v) is 16.5. The number of likely N-dealkylation sites (tertiary alicyclic amines) is 1. The number of carbonyl (C=O) groups is 1. The van der Waals surface area contributed by atoms with Crippen LogP contribution >= 0.6 is 11.6 Å². The lowest BCUT2D eigenvalue weighted by Crippen LogP contribution is -2.27. The van der Waals surface area contributed by atoms with E-state index in [9.17, 15) is 13.2 Å². The van der Waals surface area contributed by atoms with Crippen LogP contribution in [0.2, 0.25) is 5.02 Å². The van der Waals surface area contributed by atoms with Crippen LogP contribution in [0.3, 0.4) is 0 Å². The van der Waals surface area contributed by atoms with Gasteiger partial charge in [0.2, 0.25) is 15.9 Å². The van der Waals surface area contributed by atoms with Crippen molar-refractivity contribution in [3.63, 3.8) is 0 Å². The number of methoxy groups -OCH3 is 1. The second kappa shape index (κ2) is 8.29. The Morgan fingerprint density at radius 2 is 1.93 bits per heavy atom. The van der Waals surface area contributed by atoms with E-state index in [0.29, 0.717) is 18.0 Å². The third kappa shape index (κ3) is 4.61. The summed E-state index contributed by atoms with van der Waals surface area (Å²) in [6, 6.07) is 11.9. The first-order chi connectivity index (χ1) is 12.9. The van der Waals surface area contributed by atoms with Gasteiger partial charge in [0, 0.05) is 31.1 Å². The van der Waals surface area contributed by atoms with Gasteiger partial charge in [-0.25, -0.2) is 13.1 Å². The molecule has 0 atom stereocenters. The normalized spacial score (nSPS) is 14.6. The SMILES string of the molecule is COc1ccc(Cl)cc1S(=O)(=O)NCc1ccccc1CN1CCCC1=O. The summed E-state index contributed by atoms with van der Waals surface area (Å²) >= 11 is 5.95. The number of rotatable bonds is 7. The van der Waals surface area contributed by atoms with Crippen molar-refractivity contribution >= 4 is 27.5 Å². The molecule has 0 aliphatic carbocycles. The summed E-state index contributed by atoms with van der Waals surface area (Å²) in [6.45, 7) is 1.33. The smallest absolute Gasteiger partial charge is 0.244 e. The van der Waals surface area contributed by atoms with Gasteiger partial charge in [0.05, 0.1) is 7.11 Å². The van der Waals surface area contributed by atoms with Crippen LogP contribution < -0.4 is 9.46 Å². The molecule has 1 amide bonds. The van der Waals surface area contributed by atoms with E-state index in [1.807, 2.05) is 24.3 Å². The number of amides is 1. The first kappa shape index (κ1) is 19.7. The number of halogens is 1. The van der Waals surface area contributed by atoms with Crippen molar-refractivity contribution in [2.45, 2.75) is 30.8 Å². The van der Waals surface area contributed by atoms with Crippen molar-refractivity contribution in [1.29, 1.82) is 0 Å². The average Bonchev–Trinajstić information content (AvgIpc) is 3.06. The van der Waals surface area contributed by atoms with Crippen molar-refractivity contribution in [3.05, 3.63) is 58.6 Å². The monoisotopic (exact) mass is 408 g/mol. The lowest BCUT2D eigenvalue weighted by molar-refractivity contribution is -0.128. The summed E-state index contributed by atoms with van der Waals surface area (Å²) in [5.41, 5.74) is 1.75. The maximum Gasteiger partial charge on any atom is 0.244 e. The number of nitrogens with one attached hydrogen (secondary N) is 1. The highest BCUT2D eigenvalue weighted by Gasteiger charge is 2.23. The Bertz CT molecular complexity index is 946. The molecule has 2 aromatic rings. The van der Waals surface area contributed by atoms with E-state index >= 15 is 0 Å². The fourth-order valence-electron chi connectivity index (χ4n) is 3.07. The minimum Gasteiger partial charge on any atom is -0.495 e. The molecule has 2 aromatic carbocycles. The second-order valence-electron chi connectivity index (χ2n) is 6.31. The molecule has 1 aliphatic heterocycles. The van der Waals surface area contributed by atoms with Crippen molar-refractivity contribution in [2.75, 3.05) is 13.7 Å². The van der Waals surface area contributed by atoms with Gasteiger partial charge in [-0.2, -0.15) is 0 Å². The second-order valence-corrected chi connectivity index (χ2v) is 8.48. The van der Waals surface area contributed by atoms with Crippen molar-refractivity contribution < 1.29 is 17.9 Å². The van der Waals surface area contributed by atoms with Gasteiger partial charge in [0.15, 0.2) is 0 Å². The predicted octanol–water partition coefficient (Wildman–Crippen LogP) is 2.95. The molecular weight excluding hydrogens is 388 g/mol. The van der Waals surface area contributed by atoms with E-state index in [0.717, 1.165) is 24.1 Å². The predicted molar refractivity (Wildman–Crippen MR) is 103 cm³/mol. The van der Waals surface area contributed by atoms with Crippen LogP contribution in [-0.4, -0.2) is 32.9 Å². The lowest BCUT2D eigenvalue weighted by atomic mass is 10.1. The molecule has 0 saturated carbocycles. The zero-order chi connectivity index (χ0) is 19.4. The third-order valence-electron chi connectivity index (χ3n) is 4.52. The fraction of sp³-hybridized carbons (Fsp3) is 0.316. The van der Waals surface area contributed by atoms with Crippen LogP contribution in [0.4, 0.5) is 0 Å². The Labute approximate surface area is 164 Å². The van der Waals surface area contributed by atoms with Gasteiger partial charge < -0.3 is 9.64 Å². The van der Waals surface area contributed by atoms with Gasteiger partial charge >= 0.3 is 0 Å². The van der Waals surface area contributed by atoms with E-state index in [-0.39, 0.29) is 23.1 Å². The molecular formula is C19H21ClN2O4S. The van der Waals surface area contributed by atoms with Gasteiger partial charge in [-0.1, -0.05) is 35.9 Å². The Balaban J connectivity index is 1.78. The molecule has 0 unspecified atom stereocenters. The summed E-state index contributed by atoms with van der Waals surface area (Å²) in [5, 5.41) is 0.309. The van der Waals surface area contributed by atoms with Crippen LogP contribution in [0, 0.1) is 0 Å². The molecule has 0 bridgehead atoms. The molecule has 1 N–H and O–H groups in total. The summed E-state index contributed by atoms with van der Waals surface area (Å²) in [7, 11) is -2.41. The summed E-state index contributed by atoms with van der Waals surface area (Å²) in [6.07, 6.45) is 1.44. The van der Waals surface area contributed by atoms with Crippen molar-refractivity contribution in [3.8, 4) is 5.75 Å². The average molecular weight is 409 g/mol. The van der Waals surface area contributed by atoms with Gasteiger partial charge in [0.1, 0.15) is 10.6 Å². The number of ether oxygens (including phenoxy) is 1. The molecule has 0 spiro atoms. The Hall–Kier alpha value is -2.09. The van der Waals surface area contributed by atoms with Gasteiger partial charge in [0.25, 0.3) is 0 Å². The molecule has 8 heteroatoms. The summed E-state index contributed by atoms with van der Waals surface area (Å²) in [4.78, 5) is 13.7. The minimum atomic E-state index is -3.82. The fourth-order valence-corrected chi connectivity index (χ4v) is 4.51. The summed E-state index contributed by atoms with van der Waals surface area (Å²) in [5.74, 6) is 0.358. The number of benzene rings is 2. The molecule has 1 heterocycles. The Morgan fingerprint density at radius 1 is 1.19 bits per heavy atom. The van der Waals surface area contributed by atoms with Gasteiger partial charge in [-0.05, 0) is 35.7 Å². The Morgan fingerprint density at radius 3 is 2.59 bits per heavy atom. The van der Waals surface area contributed by atoms with E-state index in [2.05, 4.69) is 4.72 Å². The number of hydrogen-bond acceptors (Lipinski definition) is 4. The largest absolute Gasteiger partial charge is 0.495 e. The summed E-state index contributed by atoms with van der Waals surface area (Å²) < 4.78 is 33.2. The van der Waals surface area contributed by atoms with E-state index in [1.54, 1.807) is 11.0 Å². The third-order valence-corrected chi connectivity index (χ3v) is 6.18. The standard InChI is InChI=1S/C19H21ClN2O4S/c1-26-17-9-8-16(20)11-18(17)27(24,25)21-12-14-5-2-3-6-15(14)13-22-10-4-7-19(22)23/h2-3,5-6,8-9,11,21H,4,7,10,12-13H2,1H3. The van der Waals surface area contributed by atoms with E-state index in [1.165, 1.54) is 19.2 Å². The van der Waals surface area contributed by atoms with Crippen LogP contribution in [0.1, 0.15) is 24.0 Å². The van der Waals surface area contributed by atoms with E-state index in [4.69, 9.17) is 16.3 Å². The minimum absolute atomic E-state index is 0.00954. The van der Waals surface area contributed by atoms with Gasteiger partial charge in [-0.15, -0.1) is 0 Å². The van der Waals surface area contributed by atoms with Crippen molar-refractivity contribution in [1.82, 2.24) is 9.62 Å². The number of nitrogens with zero attached hydrogens (tertiary/aromatic N) is 1. The van der Waals surface area contributed by atoms with Crippen LogP contribution in [0.15, 0.2) is 47.4 Å². The van der Waals surface area contributed by atoms with Crippen molar-refractivity contribution in [2.24, 2.45) is 0 Å². The number of sulfonamides is 1. The molecule has 0 aromatic heterocycles. The maximum atomic E-state index is 12.7. The molecule has 1 fully saturated rings. The number of carbonyl (C=O) groups excluding carboxylic acids is 1. The number of hydrogen-bond donors (Lipinski definition) is 1. The molecule has 27 heavy (non-hydrogen) atoms.